The molecule has 3 aromatic carbocycles. The number of amides is 3. The second-order valence-corrected chi connectivity index (χ2v) is 16.4. The second kappa shape index (κ2) is 16.0. The van der Waals surface area contributed by atoms with Crippen LogP contribution in [0.4, 0.5) is 0 Å². The van der Waals surface area contributed by atoms with Gasteiger partial charge in [-0.3, -0.25) is 24.6 Å². The van der Waals surface area contributed by atoms with E-state index in [1.807, 2.05) is 50.5 Å². The fourth-order valence-electron chi connectivity index (χ4n) is 7.98. The highest BCUT2D eigenvalue weighted by Crippen LogP contribution is 2.36. The van der Waals surface area contributed by atoms with Crippen LogP contribution in [0.15, 0.2) is 83.8 Å². The molecule has 1 unspecified atom stereocenters. The number of hydrogen-bond acceptors (Lipinski definition) is 10. The first-order chi connectivity index (χ1) is 27.9. The lowest BCUT2D eigenvalue weighted by Gasteiger charge is -2.32. The molecule has 2 N–H and O–H groups in total. The minimum atomic E-state index is -0.390. The Morgan fingerprint density at radius 1 is 0.966 bits per heavy atom. The maximum Gasteiger partial charge on any atom is 0.292 e. The standard InChI is InChI=1S/C45H48N8O5/c1-27-20-32(11-12-33(27)23-46-43(56)41-50-44(58-51-41)45(2,3)4)40-37-22-34(25-53(37)48-26-47-40)35-13-6-28(21-38(35)57-5)24-52-18-16-30(17-19-52)29-7-9-31(10-8-29)36-14-15-39(54)49-42(36)55/h6-13,20-22,25-26,30,36H,14-19,23-24H2,1-5H3,(H,46,56)(H,49,54,55). The molecule has 58 heavy (non-hydrogen) atoms. The first-order valence-corrected chi connectivity index (χ1v) is 19.8. The molecule has 0 spiro atoms. The highest BCUT2D eigenvalue weighted by molar-refractivity contribution is 6.01. The average molecular weight is 781 g/mol. The summed E-state index contributed by atoms with van der Waals surface area (Å²) in [5.41, 5.74) is 9.64. The highest BCUT2D eigenvalue weighted by atomic mass is 16.5. The normalized spacial score (nSPS) is 16.7. The van der Waals surface area contributed by atoms with Gasteiger partial charge in [0.15, 0.2) is 0 Å². The number of aryl methyl sites for hydroxylation is 1. The molecule has 0 bridgehead atoms. The van der Waals surface area contributed by atoms with Crippen molar-refractivity contribution in [2.75, 3.05) is 20.2 Å². The molecule has 13 heteroatoms. The SMILES string of the molecule is COc1cc(CN2CCC(c3ccc(C4CCC(=O)NC4=O)cc3)CC2)ccc1-c1cc2c(-c3ccc(CNC(=O)c4noc(C(C)(C)C)n4)c(C)c3)ncnn2c1. The Bertz CT molecular complexity index is 2490. The number of carbonyl (C=O) groups is 3. The van der Waals surface area contributed by atoms with E-state index in [0.717, 1.165) is 82.8 Å². The van der Waals surface area contributed by atoms with Crippen LogP contribution < -0.4 is 15.4 Å². The van der Waals surface area contributed by atoms with Crippen molar-refractivity contribution in [3.63, 3.8) is 0 Å². The lowest BCUT2D eigenvalue weighted by atomic mass is 9.86. The van der Waals surface area contributed by atoms with E-state index >= 15 is 0 Å². The molecule has 0 radical (unpaired) electrons. The molecule has 1 atom stereocenters. The molecule has 6 aromatic rings. The lowest BCUT2D eigenvalue weighted by Crippen LogP contribution is -2.39. The monoisotopic (exact) mass is 780 g/mol. The third-order valence-corrected chi connectivity index (χ3v) is 11.4. The van der Waals surface area contributed by atoms with Crippen molar-refractivity contribution in [2.24, 2.45) is 0 Å². The van der Waals surface area contributed by atoms with Crippen LogP contribution in [0, 0.1) is 6.92 Å². The summed E-state index contributed by atoms with van der Waals surface area (Å²) < 4.78 is 13.1. The summed E-state index contributed by atoms with van der Waals surface area (Å²) in [6.45, 7) is 11.0. The Kier molecular flexibility index (Phi) is 10.6. The van der Waals surface area contributed by atoms with Crippen molar-refractivity contribution in [3.8, 4) is 28.1 Å². The van der Waals surface area contributed by atoms with Crippen molar-refractivity contribution in [2.45, 2.75) is 83.7 Å². The molecule has 13 nitrogen and oxygen atoms in total. The van der Waals surface area contributed by atoms with E-state index in [2.05, 4.69) is 90.4 Å². The van der Waals surface area contributed by atoms with Gasteiger partial charge in [0.1, 0.15) is 12.1 Å². The fourth-order valence-corrected chi connectivity index (χ4v) is 7.98. The topological polar surface area (TPSA) is 157 Å². The largest absolute Gasteiger partial charge is 0.496 e. The Hall–Kier alpha value is -6.21. The number of rotatable bonds is 10. The number of methoxy groups -OCH3 is 1. The van der Waals surface area contributed by atoms with Crippen molar-refractivity contribution in [1.29, 1.82) is 0 Å². The van der Waals surface area contributed by atoms with Crippen LogP contribution in [0.1, 0.15) is 103 Å². The first-order valence-electron chi connectivity index (χ1n) is 19.8. The maximum absolute atomic E-state index is 12.7. The molecule has 5 heterocycles. The molecule has 2 fully saturated rings. The predicted octanol–water partition coefficient (Wildman–Crippen LogP) is 6.89. The van der Waals surface area contributed by atoms with Gasteiger partial charge < -0.3 is 14.6 Å². The van der Waals surface area contributed by atoms with E-state index in [1.54, 1.807) is 13.4 Å². The van der Waals surface area contributed by atoms with Crippen molar-refractivity contribution >= 4 is 23.2 Å². The van der Waals surface area contributed by atoms with Crippen molar-refractivity contribution in [3.05, 3.63) is 119 Å². The first kappa shape index (κ1) is 38.7. The molecule has 0 aliphatic carbocycles. The molecule has 2 saturated heterocycles. The zero-order valence-corrected chi connectivity index (χ0v) is 33.5. The number of nitrogens with one attached hydrogen (secondary N) is 2. The molecule has 8 rings (SSSR count). The summed E-state index contributed by atoms with van der Waals surface area (Å²) in [4.78, 5) is 48.1. The zero-order valence-electron chi connectivity index (χ0n) is 33.5. The van der Waals surface area contributed by atoms with E-state index in [1.165, 1.54) is 11.1 Å². The van der Waals surface area contributed by atoms with Crippen LogP contribution in [0.25, 0.3) is 27.9 Å². The Morgan fingerprint density at radius 3 is 2.45 bits per heavy atom. The number of imide groups is 1. The fraction of sp³-hybridized carbons (Fsp3) is 0.356. The summed E-state index contributed by atoms with van der Waals surface area (Å²) in [6, 6.07) is 23.0. The average Bonchev–Trinajstić information content (AvgIpc) is 3.90. The number of ether oxygens (including phenoxy) is 1. The van der Waals surface area contributed by atoms with Gasteiger partial charge in [-0.25, -0.2) is 9.50 Å². The van der Waals surface area contributed by atoms with Gasteiger partial charge in [-0.2, -0.15) is 10.1 Å². The van der Waals surface area contributed by atoms with Gasteiger partial charge in [0.25, 0.3) is 11.7 Å². The summed E-state index contributed by atoms with van der Waals surface area (Å²) in [5, 5.41) is 13.7. The van der Waals surface area contributed by atoms with Crippen LogP contribution in [0.5, 0.6) is 5.75 Å². The van der Waals surface area contributed by atoms with Crippen LogP contribution >= 0.6 is 0 Å². The lowest BCUT2D eigenvalue weighted by molar-refractivity contribution is -0.134. The highest BCUT2D eigenvalue weighted by Gasteiger charge is 2.29. The van der Waals surface area contributed by atoms with Crippen molar-refractivity contribution < 1.29 is 23.6 Å². The van der Waals surface area contributed by atoms with Gasteiger partial charge in [0.2, 0.25) is 17.7 Å². The molecule has 298 valence electrons. The van der Waals surface area contributed by atoms with E-state index in [4.69, 9.17) is 9.26 Å². The molecule has 2 aliphatic rings. The molecule has 2 aliphatic heterocycles. The number of benzene rings is 3. The van der Waals surface area contributed by atoms with Crippen molar-refractivity contribution in [1.82, 2.24) is 40.3 Å². The summed E-state index contributed by atoms with van der Waals surface area (Å²) in [6.07, 6.45) is 6.64. The number of piperidine rings is 2. The Morgan fingerprint density at radius 2 is 1.74 bits per heavy atom. The van der Waals surface area contributed by atoms with Crippen LogP contribution in [-0.2, 0) is 28.1 Å². The molecule has 3 aromatic heterocycles. The number of nitrogens with zero attached hydrogens (tertiary/aromatic N) is 6. The minimum Gasteiger partial charge on any atom is -0.496 e. The minimum absolute atomic E-state index is 0.0174. The Balaban J connectivity index is 0.906. The van der Waals surface area contributed by atoms with Gasteiger partial charge in [-0.15, -0.1) is 0 Å². The van der Waals surface area contributed by atoms with E-state index < -0.39 is 5.91 Å². The van der Waals surface area contributed by atoms with Gasteiger partial charge in [-0.1, -0.05) is 74.5 Å². The summed E-state index contributed by atoms with van der Waals surface area (Å²) >= 11 is 0. The number of aromatic nitrogens is 5. The van der Waals surface area contributed by atoms with Gasteiger partial charge in [-0.05, 0) is 91.2 Å². The van der Waals surface area contributed by atoms with Crippen LogP contribution in [0.2, 0.25) is 0 Å². The number of fused-ring (bicyclic) bond motifs is 1. The van der Waals surface area contributed by atoms with Gasteiger partial charge >= 0.3 is 0 Å². The van der Waals surface area contributed by atoms with E-state index in [9.17, 15) is 14.4 Å². The summed E-state index contributed by atoms with van der Waals surface area (Å²) in [5.74, 6) is 0.679. The summed E-state index contributed by atoms with van der Waals surface area (Å²) in [7, 11) is 1.71. The quantitative estimate of drug-likeness (QED) is 0.140. The number of likely N-dealkylation sites (tertiary alicyclic amines) is 1. The smallest absolute Gasteiger partial charge is 0.292 e. The van der Waals surface area contributed by atoms with Crippen LogP contribution in [0.3, 0.4) is 0 Å². The van der Waals surface area contributed by atoms with E-state index in [-0.39, 0.29) is 29.0 Å². The molecular formula is C45H48N8O5. The second-order valence-electron chi connectivity index (χ2n) is 16.4. The van der Waals surface area contributed by atoms with Gasteiger partial charge in [0.05, 0.1) is 24.2 Å². The predicted molar refractivity (Wildman–Crippen MR) is 218 cm³/mol. The van der Waals surface area contributed by atoms with E-state index in [0.29, 0.717) is 31.2 Å². The maximum atomic E-state index is 12.7. The zero-order chi connectivity index (χ0) is 40.6. The number of carbonyl (C=O) groups excluding carboxylic acids is 3. The molecule has 0 saturated carbocycles. The number of hydrogen-bond donors (Lipinski definition) is 2. The van der Waals surface area contributed by atoms with Gasteiger partial charge in [0, 0.05) is 47.8 Å². The molecular weight excluding hydrogens is 733 g/mol. The third-order valence-electron chi connectivity index (χ3n) is 11.4. The van der Waals surface area contributed by atoms with Crippen LogP contribution in [-0.4, -0.2) is 67.6 Å². The molecule has 3 amide bonds. The Labute approximate surface area is 337 Å². The third kappa shape index (κ3) is 8.12.